The van der Waals surface area contributed by atoms with Crippen molar-refractivity contribution in [3.8, 4) is 5.75 Å². The molecule has 0 aromatic heterocycles. The number of rotatable bonds is 7. The Labute approximate surface area is 167 Å². The molecule has 1 aliphatic carbocycles. The SMILES string of the molecule is COCCN1C(=O)CC[C@@H](C(=O)NC2CCCCC2)[C@@H]1c1cccc(OC)c1. The van der Waals surface area contributed by atoms with Crippen LogP contribution in [0, 0.1) is 5.92 Å². The van der Waals surface area contributed by atoms with E-state index < -0.39 is 0 Å². The summed E-state index contributed by atoms with van der Waals surface area (Å²) in [6.07, 6.45) is 6.67. The van der Waals surface area contributed by atoms with Crippen molar-refractivity contribution < 1.29 is 19.1 Å². The van der Waals surface area contributed by atoms with Crippen molar-refractivity contribution in [3.05, 3.63) is 29.8 Å². The van der Waals surface area contributed by atoms with E-state index in [0.29, 0.717) is 26.0 Å². The number of hydrogen-bond acceptors (Lipinski definition) is 4. The molecular formula is C22H32N2O4. The van der Waals surface area contributed by atoms with E-state index in [1.807, 2.05) is 29.2 Å². The van der Waals surface area contributed by atoms with Gasteiger partial charge in [-0.15, -0.1) is 0 Å². The molecule has 2 aliphatic rings. The fourth-order valence-electron chi connectivity index (χ4n) is 4.47. The first kappa shape index (κ1) is 20.6. The number of methoxy groups -OCH3 is 2. The number of hydrogen-bond donors (Lipinski definition) is 1. The molecule has 1 aromatic rings. The predicted molar refractivity (Wildman–Crippen MR) is 107 cm³/mol. The number of benzene rings is 1. The van der Waals surface area contributed by atoms with Crippen molar-refractivity contribution in [1.29, 1.82) is 0 Å². The zero-order valence-electron chi connectivity index (χ0n) is 17.0. The number of nitrogens with one attached hydrogen (secondary N) is 1. The molecular weight excluding hydrogens is 356 g/mol. The maximum atomic E-state index is 13.2. The number of nitrogens with zero attached hydrogens (tertiary/aromatic N) is 1. The lowest BCUT2D eigenvalue weighted by atomic mass is 9.83. The Bertz CT molecular complexity index is 672. The molecule has 2 fully saturated rings. The third kappa shape index (κ3) is 4.85. The molecule has 6 heteroatoms. The van der Waals surface area contributed by atoms with Gasteiger partial charge in [-0.2, -0.15) is 0 Å². The molecule has 1 saturated heterocycles. The van der Waals surface area contributed by atoms with Crippen LogP contribution in [-0.4, -0.2) is 50.1 Å². The first-order chi connectivity index (χ1) is 13.6. The topological polar surface area (TPSA) is 67.9 Å². The molecule has 2 amide bonds. The molecule has 6 nitrogen and oxygen atoms in total. The van der Waals surface area contributed by atoms with Crippen molar-refractivity contribution in [2.45, 2.75) is 57.0 Å². The average molecular weight is 389 g/mol. The molecule has 1 N–H and O–H groups in total. The van der Waals surface area contributed by atoms with Gasteiger partial charge in [-0.1, -0.05) is 31.4 Å². The minimum atomic E-state index is -0.296. The highest BCUT2D eigenvalue weighted by Gasteiger charge is 2.41. The second-order valence-corrected chi connectivity index (χ2v) is 7.79. The average Bonchev–Trinajstić information content (AvgIpc) is 2.73. The van der Waals surface area contributed by atoms with E-state index >= 15 is 0 Å². The van der Waals surface area contributed by atoms with Gasteiger partial charge >= 0.3 is 0 Å². The zero-order chi connectivity index (χ0) is 19.9. The van der Waals surface area contributed by atoms with Crippen LogP contribution < -0.4 is 10.1 Å². The number of ether oxygens (including phenoxy) is 2. The minimum absolute atomic E-state index is 0.0645. The Morgan fingerprint density at radius 3 is 2.68 bits per heavy atom. The molecule has 0 bridgehead atoms. The maximum absolute atomic E-state index is 13.2. The second kappa shape index (κ2) is 9.92. The summed E-state index contributed by atoms with van der Waals surface area (Å²) in [7, 11) is 3.25. The van der Waals surface area contributed by atoms with Crippen molar-refractivity contribution in [2.75, 3.05) is 27.4 Å². The standard InChI is InChI=1S/C22H32N2O4/c1-27-14-13-24-20(25)12-11-19(22(26)23-17-8-4-3-5-9-17)21(24)16-7-6-10-18(15-16)28-2/h6-7,10,15,17,19,21H,3-5,8-9,11-14H2,1-2H3,(H,23,26)/t19-,21+/m1/s1. The largest absolute Gasteiger partial charge is 0.497 e. The number of amides is 2. The second-order valence-electron chi connectivity index (χ2n) is 7.79. The minimum Gasteiger partial charge on any atom is -0.497 e. The highest BCUT2D eigenvalue weighted by molar-refractivity contribution is 5.85. The normalized spacial score (nSPS) is 23.5. The predicted octanol–water partition coefficient (Wildman–Crippen LogP) is 3.07. The molecule has 0 spiro atoms. The molecule has 28 heavy (non-hydrogen) atoms. The molecule has 0 unspecified atom stereocenters. The van der Waals surface area contributed by atoms with Gasteiger partial charge < -0.3 is 19.7 Å². The summed E-state index contributed by atoms with van der Waals surface area (Å²) in [5.41, 5.74) is 0.937. The van der Waals surface area contributed by atoms with Gasteiger partial charge in [0.1, 0.15) is 5.75 Å². The highest BCUT2D eigenvalue weighted by Crippen LogP contribution is 2.38. The molecule has 1 aromatic carbocycles. The summed E-state index contributed by atoms with van der Waals surface area (Å²) >= 11 is 0. The van der Waals surface area contributed by atoms with Crippen LogP contribution in [0.2, 0.25) is 0 Å². The van der Waals surface area contributed by atoms with Gasteiger partial charge in [-0.05, 0) is 37.0 Å². The monoisotopic (exact) mass is 388 g/mol. The number of carbonyl (C=O) groups excluding carboxylic acids is 2. The molecule has 3 rings (SSSR count). The Hall–Kier alpha value is -2.08. The van der Waals surface area contributed by atoms with E-state index in [4.69, 9.17) is 9.47 Å². The van der Waals surface area contributed by atoms with Gasteiger partial charge in [-0.25, -0.2) is 0 Å². The molecule has 2 atom stereocenters. The van der Waals surface area contributed by atoms with Crippen LogP contribution in [0.1, 0.15) is 56.6 Å². The van der Waals surface area contributed by atoms with E-state index in [-0.39, 0.29) is 29.8 Å². The number of piperidine rings is 1. The van der Waals surface area contributed by atoms with E-state index in [1.165, 1.54) is 19.3 Å². The van der Waals surface area contributed by atoms with E-state index in [2.05, 4.69) is 5.32 Å². The molecule has 0 radical (unpaired) electrons. The lowest BCUT2D eigenvalue weighted by Gasteiger charge is -2.41. The summed E-state index contributed by atoms with van der Waals surface area (Å²) < 4.78 is 10.6. The fourth-order valence-corrected chi connectivity index (χ4v) is 4.47. The Morgan fingerprint density at radius 2 is 1.96 bits per heavy atom. The molecule has 1 saturated carbocycles. The van der Waals surface area contributed by atoms with Crippen LogP contribution >= 0.6 is 0 Å². The Morgan fingerprint density at radius 1 is 1.18 bits per heavy atom. The lowest BCUT2D eigenvalue weighted by molar-refractivity contribution is -0.144. The van der Waals surface area contributed by atoms with E-state index in [1.54, 1.807) is 14.2 Å². The van der Waals surface area contributed by atoms with E-state index in [0.717, 1.165) is 24.2 Å². The van der Waals surface area contributed by atoms with Crippen molar-refractivity contribution in [1.82, 2.24) is 10.2 Å². The highest BCUT2D eigenvalue weighted by atomic mass is 16.5. The third-order valence-corrected chi connectivity index (χ3v) is 5.97. The van der Waals surface area contributed by atoms with E-state index in [9.17, 15) is 9.59 Å². The van der Waals surface area contributed by atoms with Crippen molar-refractivity contribution >= 4 is 11.8 Å². The first-order valence-electron chi connectivity index (χ1n) is 10.4. The first-order valence-corrected chi connectivity index (χ1v) is 10.4. The van der Waals surface area contributed by atoms with Gasteiger partial charge in [0, 0.05) is 26.1 Å². The quantitative estimate of drug-likeness (QED) is 0.779. The summed E-state index contributed by atoms with van der Waals surface area (Å²) in [4.78, 5) is 27.7. The van der Waals surface area contributed by atoms with Crippen LogP contribution in [0.4, 0.5) is 0 Å². The van der Waals surface area contributed by atoms with Gasteiger partial charge in [0.25, 0.3) is 0 Å². The summed E-state index contributed by atoms with van der Waals surface area (Å²) in [5.74, 6) is 0.610. The third-order valence-electron chi connectivity index (χ3n) is 5.97. The van der Waals surface area contributed by atoms with Crippen LogP contribution in [-0.2, 0) is 14.3 Å². The molecule has 154 valence electrons. The lowest BCUT2D eigenvalue weighted by Crippen LogP contribution is -2.50. The van der Waals surface area contributed by atoms with Crippen molar-refractivity contribution in [3.63, 3.8) is 0 Å². The Kier molecular flexibility index (Phi) is 7.31. The Balaban J connectivity index is 1.86. The molecule has 1 heterocycles. The molecule has 1 aliphatic heterocycles. The summed E-state index contributed by atoms with van der Waals surface area (Å²) in [5, 5.41) is 3.27. The summed E-state index contributed by atoms with van der Waals surface area (Å²) in [6, 6.07) is 7.67. The van der Waals surface area contributed by atoms with Gasteiger partial charge in [-0.3, -0.25) is 9.59 Å². The van der Waals surface area contributed by atoms with Gasteiger partial charge in [0.05, 0.1) is 25.7 Å². The fraction of sp³-hybridized carbons (Fsp3) is 0.636. The smallest absolute Gasteiger partial charge is 0.225 e. The summed E-state index contributed by atoms with van der Waals surface area (Å²) in [6.45, 7) is 0.924. The van der Waals surface area contributed by atoms with Crippen molar-refractivity contribution in [2.24, 2.45) is 5.92 Å². The van der Waals surface area contributed by atoms with Gasteiger partial charge in [0.15, 0.2) is 0 Å². The zero-order valence-corrected chi connectivity index (χ0v) is 17.0. The van der Waals surface area contributed by atoms with Gasteiger partial charge in [0.2, 0.25) is 11.8 Å². The number of likely N-dealkylation sites (tertiary alicyclic amines) is 1. The maximum Gasteiger partial charge on any atom is 0.225 e. The van der Waals surface area contributed by atoms with Crippen LogP contribution in [0.3, 0.4) is 0 Å². The van der Waals surface area contributed by atoms with Crippen LogP contribution in [0.5, 0.6) is 5.75 Å². The number of carbonyl (C=O) groups is 2. The van der Waals surface area contributed by atoms with Crippen LogP contribution in [0.15, 0.2) is 24.3 Å². The van der Waals surface area contributed by atoms with Crippen LogP contribution in [0.25, 0.3) is 0 Å².